The molecule has 0 saturated carbocycles. The molecule has 76 valence electrons. The van der Waals surface area contributed by atoms with Gasteiger partial charge in [0.15, 0.2) is 0 Å². The zero-order chi connectivity index (χ0) is 10.3. The van der Waals surface area contributed by atoms with Crippen molar-refractivity contribution in [2.45, 2.75) is 39.2 Å². The Hall–Kier alpha value is -0.820. The van der Waals surface area contributed by atoms with Crippen LogP contribution in [0.3, 0.4) is 0 Å². The van der Waals surface area contributed by atoms with Crippen LogP contribution in [0.1, 0.15) is 37.5 Å². The average Bonchev–Trinajstić information content (AvgIpc) is 2.41. The summed E-state index contributed by atoms with van der Waals surface area (Å²) in [5.41, 5.74) is 10.2. The minimum atomic E-state index is -0.207. The Kier molecular flexibility index (Phi) is 2.15. The summed E-state index contributed by atoms with van der Waals surface area (Å²) in [6.45, 7) is 6.44. The second-order valence-corrected chi connectivity index (χ2v) is 5.22. The van der Waals surface area contributed by atoms with Crippen LogP contribution in [-0.2, 0) is 18.4 Å². The third-order valence-electron chi connectivity index (χ3n) is 3.09. The third kappa shape index (κ3) is 1.69. The SMILES string of the molecule is CC1Cc2ccc(C(C)(C)N)cc2C1. The van der Waals surface area contributed by atoms with E-state index in [1.54, 1.807) is 0 Å². The molecule has 0 fully saturated rings. The van der Waals surface area contributed by atoms with Gasteiger partial charge in [0.25, 0.3) is 0 Å². The molecular formula is C13H19N. The van der Waals surface area contributed by atoms with Crippen LogP contribution in [0.5, 0.6) is 0 Å². The Morgan fingerprint density at radius 1 is 1.21 bits per heavy atom. The van der Waals surface area contributed by atoms with Gasteiger partial charge in [0.2, 0.25) is 0 Å². The minimum absolute atomic E-state index is 0.207. The molecule has 0 radical (unpaired) electrons. The normalized spacial score (nSPS) is 21.0. The Bertz CT molecular complexity index is 347. The summed E-state index contributed by atoms with van der Waals surface area (Å²) in [5.74, 6) is 0.807. The lowest BCUT2D eigenvalue weighted by molar-refractivity contribution is 0.553. The molecular weight excluding hydrogens is 170 g/mol. The maximum Gasteiger partial charge on any atom is 0.0352 e. The summed E-state index contributed by atoms with van der Waals surface area (Å²) < 4.78 is 0. The summed E-state index contributed by atoms with van der Waals surface area (Å²) in [4.78, 5) is 0. The lowest BCUT2D eigenvalue weighted by Gasteiger charge is -2.20. The van der Waals surface area contributed by atoms with Crippen molar-refractivity contribution in [2.24, 2.45) is 11.7 Å². The van der Waals surface area contributed by atoms with Gasteiger partial charge in [0.1, 0.15) is 0 Å². The quantitative estimate of drug-likeness (QED) is 0.722. The Morgan fingerprint density at radius 2 is 1.86 bits per heavy atom. The van der Waals surface area contributed by atoms with Gasteiger partial charge in [-0.25, -0.2) is 0 Å². The standard InChI is InChI=1S/C13H19N/c1-9-6-10-4-5-12(13(2,3)14)8-11(10)7-9/h4-5,8-9H,6-7,14H2,1-3H3. The number of benzene rings is 1. The fourth-order valence-corrected chi connectivity index (χ4v) is 2.24. The van der Waals surface area contributed by atoms with Crippen molar-refractivity contribution in [3.05, 3.63) is 34.9 Å². The van der Waals surface area contributed by atoms with Gasteiger partial charge in [-0.3, -0.25) is 0 Å². The van der Waals surface area contributed by atoms with E-state index in [4.69, 9.17) is 5.73 Å². The highest BCUT2D eigenvalue weighted by Gasteiger charge is 2.21. The largest absolute Gasteiger partial charge is 0.322 e. The highest BCUT2D eigenvalue weighted by Crippen LogP contribution is 2.29. The van der Waals surface area contributed by atoms with Gasteiger partial charge in [-0.1, -0.05) is 25.1 Å². The molecule has 0 aliphatic heterocycles. The smallest absolute Gasteiger partial charge is 0.0352 e. The van der Waals surface area contributed by atoms with Crippen LogP contribution in [0.2, 0.25) is 0 Å². The first-order valence-electron chi connectivity index (χ1n) is 5.38. The fourth-order valence-electron chi connectivity index (χ4n) is 2.24. The Balaban J connectivity index is 2.38. The van der Waals surface area contributed by atoms with Crippen LogP contribution in [0, 0.1) is 5.92 Å². The summed E-state index contributed by atoms with van der Waals surface area (Å²) in [7, 11) is 0. The maximum absolute atomic E-state index is 6.09. The van der Waals surface area contributed by atoms with E-state index in [-0.39, 0.29) is 5.54 Å². The van der Waals surface area contributed by atoms with Crippen molar-refractivity contribution in [3.63, 3.8) is 0 Å². The molecule has 1 aromatic carbocycles. The molecule has 0 amide bonds. The number of hydrogen-bond acceptors (Lipinski definition) is 1. The summed E-state index contributed by atoms with van der Waals surface area (Å²) in [5, 5.41) is 0. The van der Waals surface area contributed by atoms with Crippen molar-refractivity contribution in [1.82, 2.24) is 0 Å². The van der Waals surface area contributed by atoms with E-state index in [0.717, 1.165) is 5.92 Å². The van der Waals surface area contributed by atoms with E-state index < -0.39 is 0 Å². The van der Waals surface area contributed by atoms with Gasteiger partial charge in [0.05, 0.1) is 0 Å². The van der Waals surface area contributed by atoms with Crippen LogP contribution in [0.25, 0.3) is 0 Å². The van der Waals surface area contributed by atoms with Gasteiger partial charge in [-0.15, -0.1) is 0 Å². The van der Waals surface area contributed by atoms with Crippen molar-refractivity contribution in [1.29, 1.82) is 0 Å². The number of nitrogens with two attached hydrogens (primary N) is 1. The monoisotopic (exact) mass is 189 g/mol. The van der Waals surface area contributed by atoms with Crippen LogP contribution >= 0.6 is 0 Å². The van der Waals surface area contributed by atoms with E-state index in [2.05, 4.69) is 39.0 Å². The first-order chi connectivity index (χ1) is 6.47. The van der Waals surface area contributed by atoms with Gasteiger partial charge in [0, 0.05) is 5.54 Å². The van der Waals surface area contributed by atoms with Crippen molar-refractivity contribution < 1.29 is 0 Å². The highest BCUT2D eigenvalue weighted by molar-refractivity contribution is 5.38. The average molecular weight is 189 g/mol. The predicted molar refractivity (Wildman–Crippen MR) is 60.2 cm³/mol. The van der Waals surface area contributed by atoms with Crippen LogP contribution in [-0.4, -0.2) is 0 Å². The second-order valence-electron chi connectivity index (χ2n) is 5.22. The summed E-state index contributed by atoms with van der Waals surface area (Å²) in [6.07, 6.45) is 2.46. The molecule has 1 nitrogen and oxygen atoms in total. The number of rotatable bonds is 1. The highest BCUT2D eigenvalue weighted by atomic mass is 14.7. The molecule has 1 aromatic rings. The lowest BCUT2D eigenvalue weighted by atomic mass is 9.93. The topological polar surface area (TPSA) is 26.0 Å². The molecule has 1 aliphatic carbocycles. The van der Waals surface area contributed by atoms with Gasteiger partial charge in [-0.2, -0.15) is 0 Å². The van der Waals surface area contributed by atoms with E-state index in [0.29, 0.717) is 0 Å². The van der Waals surface area contributed by atoms with Crippen molar-refractivity contribution in [3.8, 4) is 0 Å². The van der Waals surface area contributed by atoms with Crippen molar-refractivity contribution in [2.75, 3.05) is 0 Å². The molecule has 0 aromatic heterocycles. The second kappa shape index (κ2) is 3.09. The van der Waals surface area contributed by atoms with Gasteiger partial charge < -0.3 is 5.73 Å². The molecule has 1 heteroatoms. The van der Waals surface area contributed by atoms with E-state index in [9.17, 15) is 0 Å². The predicted octanol–water partition coefficient (Wildman–Crippen LogP) is 2.62. The summed E-state index contributed by atoms with van der Waals surface area (Å²) >= 11 is 0. The molecule has 0 heterocycles. The van der Waals surface area contributed by atoms with Crippen molar-refractivity contribution >= 4 is 0 Å². The van der Waals surface area contributed by atoms with Crippen LogP contribution < -0.4 is 5.73 Å². The Morgan fingerprint density at radius 3 is 2.50 bits per heavy atom. The zero-order valence-corrected chi connectivity index (χ0v) is 9.30. The molecule has 1 atom stereocenters. The molecule has 14 heavy (non-hydrogen) atoms. The molecule has 0 saturated heterocycles. The molecule has 2 N–H and O–H groups in total. The van der Waals surface area contributed by atoms with E-state index in [1.807, 2.05) is 0 Å². The fraction of sp³-hybridized carbons (Fsp3) is 0.538. The molecule has 0 bridgehead atoms. The molecule has 1 unspecified atom stereocenters. The number of fused-ring (bicyclic) bond motifs is 1. The van der Waals surface area contributed by atoms with Crippen LogP contribution in [0.4, 0.5) is 0 Å². The molecule has 1 aliphatic rings. The minimum Gasteiger partial charge on any atom is -0.322 e. The first kappa shape index (κ1) is 9.72. The summed E-state index contributed by atoms with van der Waals surface area (Å²) in [6, 6.07) is 6.72. The Labute approximate surface area is 86.3 Å². The van der Waals surface area contributed by atoms with Crippen LogP contribution in [0.15, 0.2) is 18.2 Å². The lowest BCUT2D eigenvalue weighted by Crippen LogP contribution is -2.28. The maximum atomic E-state index is 6.09. The number of hydrogen-bond donors (Lipinski definition) is 1. The van der Waals surface area contributed by atoms with Gasteiger partial charge in [-0.05, 0) is 49.3 Å². The van der Waals surface area contributed by atoms with E-state index >= 15 is 0 Å². The molecule has 2 rings (SSSR count). The first-order valence-corrected chi connectivity index (χ1v) is 5.38. The third-order valence-corrected chi connectivity index (χ3v) is 3.09. The van der Waals surface area contributed by atoms with Gasteiger partial charge >= 0.3 is 0 Å². The van der Waals surface area contributed by atoms with E-state index in [1.165, 1.54) is 29.5 Å². The molecule has 0 spiro atoms. The zero-order valence-electron chi connectivity index (χ0n) is 9.30.